The van der Waals surface area contributed by atoms with Gasteiger partial charge in [-0.3, -0.25) is 5.04 Å². The maximum absolute atomic E-state index is 13.2. The second-order valence-corrected chi connectivity index (χ2v) is 8.56. The average molecular weight is 563 g/mol. The van der Waals surface area contributed by atoms with Crippen molar-refractivity contribution in [2.45, 2.75) is 21.9 Å². The summed E-state index contributed by atoms with van der Waals surface area (Å²) >= 11 is -1.29. The highest BCUT2D eigenvalue weighted by Gasteiger charge is 2.51. The highest BCUT2D eigenvalue weighted by Crippen LogP contribution is 2.31. The van der Waals surface area contributed by atoms with Gasteiger partial charge >= 0.3 is 33.7 Å². The minimum Gasteiger partial charge on any atom is -0.743 e. The van der Waals surface area contributed by atoms with Gasteiger partial charge < -0.3 is 28.6 Å². The van der Waals surface area contributed by atoms with Gasteiger partial charge in [0.05, 0.1) is 0 Å². The maximum atomic E-state index is 13.2. The Balaban J connectivity index is 5.59. The topological polar surface area (TPSA) is 235 Å². The van der Waals surface area contributed by atoms with E-state index in [0.717, 1.165) is 0 Å². The van der Waals surface area contributed by atoms with Gasteiger partial charge in [0, 0.05) is 0 Å². The maximum Gasteiger partial charge on any atom is 0.428 e. The molecule has 0 aromatic heterocycles. The van der Waals surface area contributed by atoms with Gasteiger partial charge in [-0.25, -0.2) is 31.2 Å². The minimum absolute atomic E-state index is 1.29. The molecule has 0 spiro atoms. The number of halogens is 6. The Morgan fingerprint density at radius 2 is 1.18 bits per heavy atom. The predicted molar refractivity (Wildman–Crippen MR) is 75.8 cm³/mol. The molecule has 0 bridgehead atoms. The van der Waals surface area contributed by atoms with Crippen molar-refractivity contribution < 1.29 is 95.5 Å². The summed E-state index contributed by atoms with van der Waals surface area (Å²) in [5.41, 5.74) is 0. The third kappa shape index (κ3) is 8.40. The number of carbonyl (C=O) groups is 3. The number of carbonyl (C=O) groups excluding carboxylic acids is 3. The highest BCUT2D eigenvalue weighted by molar-refractivity contribution is 7.96. The van der Waals surface area contributed by atoms with Gasteiger partial charge in [-0.05, 0) is 0 Å². The van der Waals surface area contributed by atoms with Crippen LogP contribution in [0.2, 0.25) is 0 Å². The molecular formula is C9H5F6O15S3-3. The van der Waals surface area contributed by atoms with Crippen LogP contribution < -0.4 is 5.26 Å². The molecule has 0 aromatic rings. The van der Waals surface area contributed by atoms with Crippen molar-refractivity contribution in [3.05, 3.63) is 0 Å². The standard InChI is InChI=1S/C9H8F6O15S3/c10-7(11,31-30-29-19)4(16)26-1-3(28-6(18)9(14,15)33(23,24)25)2-27-5(17)8(12,13)32(20,21)22/h3,19H,1-2H2,(H,20,21,22)(H,23,24,25)/p-3. The van der Waals surface area contributed by atoms with Gasteiger partial charge in [-0.2, -0.15) is 30.7 Å². The van der Waals surface area contributed by atoms with Crippen molar-refractivity contribution in [3.8, 4) is 0 Å². The molecule has 1 atom stereocenters. The summed E-state index contributed by atoms with van der Waals surface area (Å²) in [7, 11) is -13.5. The number of hydrogen-bond donors (Lipinski definition) is 0. The zero-order valence-electron chi connectivity index (χ0n) is 14.6. The lowest BCUT2D eigenvalue weighted by molar-refractivity contribution is -0.777. The van der Waals surface area contributed by atoms with Crippen LogP contribution in [0.1, 0.15) is 0 Å². The number of esters is 3. The monoisotopic (exact) mass is 563 g/mol. The molecule has 0 radical (unpaired) electrons. The first-order valence-corrected chi connectivity index (χ1v) is 10.4. The van der Waals surface area contributed by atoms with Gasteiger partial charge in [-0.1, -0.05) is 0 Å². The number of ether oxygens (including phenoxy) is 3. The Kier molecular flexibility index (Phi) is 10.3. The summed E-state index contributed by atoms with van der Waals surface area (Å²) in [5, 5.41) is -4.56. The van der Waals surface area contributed by atoms with Crippen molar-refractivity contribution in [2.75, 3.05) is 13.2 Å². The minimum atomic E-state index is -6.78. The Morgan fingerprint density at radius 3 is 1.58 bits per heavy atom. The quantitative estimate of drug-likeness (QED) is 0.0436. The molecule has 0 saturated heterocycles. The molecule has 0 aromatic carbocycles. The van der Waals surface area contributed by atoms with Crippen LogP contribution >= 0.6 is 12.0 Å². The second kappa shape index (κ2) is 11.0. The van der Waals surface area contributed by atoms with E-state index in [4.69, 9.17) is 0 Å². The van der Waals surface area contributed by atoms with Crippen LogP contribution in [0, 0.1) is 0 Å². The smallest absolute Gasteiger partial charge is 0.428 e. The van der Waals surface area contributed by atoms with E-state index in [0.29, 0.717) is 0 Å². The Hall–Kier alpha value is -1.96. The third-order valence-electron chi connectivity index (χ3n) is 2.58. The highest BCUT2D eigenvalue weighted by atomic mass is 32.2. The summed E-state index contributed by atoms with van der Waals surface area (Å²) in [6.45, 7) is -3.98. The van der Waals surface area contributed by atoms with Gasteiger partial charge in [-0.15, -0.1) is 0 Å². The number of alkyl halides is 6. The molecule has 0 heterocycles. The van der Waals surface area contributed by atoms with Gasteiger partial charge in [0.2, 0.25) is 0 Å². The molecule has 15 nitrogen and oxygen atoms in total. The molecular weight excluding hydrogens is 558 g/mol. The van der Waals surface area contributed by atoms with Gasteiger partial charge in [0.25, 0.3) is 0 Å². The van der Waals surface area contributed by atoms with E-state index in [9.17, 15) is 71.9 Å². The molecule has 0 rings (SSSR count). The fraction of sp³-hybridized carbons (Fsp3) is 0.667. The first-order chi connectivity index (χ1) is 14.6. The van der Waals surface area contributed by atoms with Gasteiger partial charge in [0.15, 0.2) is 26.3 Å². The van der Waals surface area contributed by atoms with Crippen molar-refractivity contribution in [3.63, 3.8) is 0 Å². The van der Waals surface area contributed by atoms with Gasteiger partial charge in [0.1, 0.15) is 25.3 Å². The largest absolute Gasteiger partial charge is 0.743 e. The molecule has 1 unspecified atom stereocenters. The van der Waals surface area contributed by atoms with E-state index < -0.39 is 85.3 Å². The lowest BCUT2D eigenvalue weighted by Crippen LogP contribution is -2.45. The van der Waals surface area contributed by atoms with E-state index in [2.05, 4.69) is 23.6 Å². The van der Waals surface area contributed by atoms with E-state index >= 15 is 0 Å². The van der Waals surface area contributed by atoms with Crippen LogP contribution in [0.4, 0.5) is 26.3 Å². The second-order valence-electron chi connectivity index (χ2n) is 4.90. The predicted octanol–water partition coefficient (Wildman–Crippen LogP) is -2.27. The zero-order chi connectivity index (χ0) is 26.5. The van der Waals surface area contributed by atoms with E-state index in [1.54, 1.807) is 0 Å². The molecule has 0 amide bonds. The fourth-order valence-corrected chi connectivity index (χ4v) is 1.89. The molecule has 0 aliphatic carbocycles. The number of hydrogen-bond acceptors (Lipinski definition) is 16. The summed E-state index contributed by atoms with van der Waals surface area (Å²) < 4.78 is 154. The lowest BCUT2D eigenvalue weighted by atomic mass is 10.4. The Labute approximate surface area is 181 Å². The van der Waals surface area contributed by atoms with Crippen LogP contribution in [0.5, 0.6) is 0 Å². The molecule has 24 heteroatoms. The zero-order valence-corrected chi connectivity index (χ0v) is 17.1. The third-order valence-corrected chi connectivity index (χ3v) is 4.67. The summed E-state index contributed by atoms with van der Waals surface area (Å²) in [6.07, 6.45) is -2.87. The molecule has 0 aliphatic heterocycles. The summed E-state index contributed by atoms with van der Waals surface area (Å²) in [4.78, 5) is 33.3. The van der Waals surface area contributed by atoms with Crippen molar-refractivity contribution >= 4 is 50.2 Å². The van der Waals surface area contributed by atoms with Crippen LogP contribution in [-0.2, 0) is 58.2 Å². The van der Waals surface area contributed by atoms with Crippen LogP contribution in [0.15, 0.2) is 0 Å². The molecule has 194 valence electrons. The van der Waals surface area contributed by atoms with Crippen molar-refractivity contribution in [2.24, 2.45) is 0 Å². The van der Waals surface area contributed by atoms with E-state index in [-0.39, 0.29) is 0 Å². The first kappa shape index (κ1) is 31.0. The number of rotatable bonds is 13. The summed E-state index contributed by atoms with van der Waals surface area (Å²) in [5.74, 6) is -9.25. The first-order valence-electron chi connectivity index (χ1n) is 6.85. The molecule has 33 heavy (non-hydrogen) atoms. The fourth-order valence-electron chi connectivity index (χ4n) is 1.14. The normalized spacial score (nSPS) is 14.3. The van der Waals surface area contributed by atoms with E-state index in [1.165, 1.54) is 0 Å². The average Bonchev–Trinajstić information content (AvgIpc) is 2.65. The molecule has 0 N–H and O–H groups in total. The molecule has 0 aliphatic rings. The Bertz CT molecular complexity index is 948. The van der Waals surface area contributed by atoms with E-state index in [1.807, 2.05) is 0 Å². The summed E-state index contributed by atoms with van der Waals surface area (Å²) in [6, 6.07) is 0. The molecule has 0 saturated carbocycles. The lowest BCUT2D eigenvalue weighted by Gasteiger charge is -2.24. The van der Waals surface area contributed by atoms with Crippen molar-refractivity contribution in [1.29, 1.82) is 0 Å². The van der Waals surface area contributed by atoms with Crippen molar-refractivity contribution in [1.82, 2.24) is 0 Å². The van der Waals surface area contributed by atoms with Crippen LogP contribution in [0.25, 0.3) is 0 Å². The molecule has 0 fully saturated rings. The SMILES string of the molecule is O=C(OCC(COC(=O)C(F)(F)S(=O)(=O)[O-])OC(=O)C(F)(F)S(=O)(=O)[O-])C(F)(F)SOO[O-]. The van der Waals surface area contributed by atoms with Crippen LogP contribution in [0.3, 0.4) is 0 Å². The van der Waals surface area contributed by atoms with Crippen LogP contribution in [-0.4, -0.2) is 78.9 Å². The Morgan fingerprint density at radius 1 is 0.788 bits per heavy atom.